The molecule has 0 amide bonds. The van der Waals surface area contributed by atoms with Gasteiger partial charge in [0.1, 0.15) is 5.58 Å². The van der Waals surface area contributed by atoms with Crippen LogP contribution in [0.2, 0.25) is 0 Å². The van der Waals surface area contributed by atoms with Gasteiger partial charge in [-0.3, -0.25) is 0 Å². The molecule has 2 rings (SSSR count). The Bertz CT molecular complexity index is 729. The largest absolute Gasteiger partial charge is 0.423 e. The molecule has 0 saturated carbocycles. The molecule has 0 aliphatic heterocycles. The summed E-state index contributed by atoms with van der Waals surface area (Å²) in [5.41, 5.74) is 2.41. The van der Waals surface area contributed by atoms with E-state index in [-0.39, 0.29) is 11.2 Å². The number of fused-ring (bicyclic) bond motifs is 1. The molecule has 2 aromatic rings. The standard InChI is InChI=1S/C19H29N3O2/c1-19(2,3)21-9-8-14-12-18(23)24-17-13-15(6-7-16(14)17)20-10-11-22(4)5/h6-7,12-13,20-21H,8-11H2,1-5H3. The predicted octanol–water partition coefficient (Wildman–Crippen LogP) is 2.70. The van der Waals surface area contributed by atoms with Crippen LogP contribution in [0.4, 0.5) is 5.69 Å². The number of benzene rings is 1. The molecule has 1 aromatic heterocycles. The fourth-order valence-corrected chi connectivity index (χ4v) is 2.54. The maximum atomic E-state index is 11.9. The molecule has 2 N–H and O–H groups in total. The highest BCUT2D eigenvalue weighted by Crippen LogP contribution is 2.21. The quantitative estimate of drug-likeness (QED) is 0.764. The Morgan fingerprint density at radius 3 is 2.54 bits per heavy atom. The van der Waals surface area contributed by atoms with E-state index in [4.69, 9.17) is 4.42 Å². The summed E-state index contributed by atoms with van der Waals surface area (Å²) in [6.45, 7) is 9.02. The van der Waals surface area contributed by atoms with Crippen LogP contribution in [0.5, 0.6) is 0 Å². The van der Waals surface area contributed by atoms with E-state index in [1.165, 1.54) is 0 Å². The fraction of sp³-hybridized carbons (Fsp3) is 0.526. The smallest absolute Gasteiger partial charge is 0.336 e. The van der Waals surface area contributed by atoms with Gasteiger partial charge in [0.05, 0.1) is 0 Å². The molecule has 1 heterocycles. The first kappa shape index (κ1) is 18.5. The molecule has 0 unspecified atom stereocenters. The fourth-order valence-electron chi connectivity index (χ4n) is 2.54. The molecule has 1 aromatic carbocycles. The Kier molecular flexibility index (Phi) is 6.02. The van der Waals surface area contributed by atoms with Crippen molar-refractivity contribution >= 4 is 16.7 Å². The van der Waals surface area contributed by atoms with Crippen molar-refractivity contribution in [3.8, 4) is 0 Å². The molecule has 0 atom stereocenters. The molecule has 24 heavy (non-hydrogen) atoms. The third-order valence-corrected chi connectivity index (χ3v) is 3.77. The molecule has 0 spiro atoms. The molecule has 0 fully saturated rings. The van der Waals surface area contributed by atoms with E-state index >= 15 is 0 Å². The average Bonchev–Trinajstić information content (AvgIpc) is 2.44. The minimum absolute atomic E-state index is 0.0682. The first-order valence-corrected chi connectivity index (χ1v) is 8.45. The monoisotopic (exact) mass is 331 g/mol. The Balaban J connectivity index is 2.16. The Hall–Kier alpha value is -1.85. The second-order valence-electron chi connectivity index (χ2n) is 7.46. The highest BCUT2D eigenvalue weighted by Gasteiger charge is 2.10. The first-order valence-electron chi connectivity index (χ1n) is 8.45. The van der Waals surface area contributed by atoms with Crippen molar-refractivity contribution < 1.29 is 4.42 Å². The van der Waals surface area contributed by atoms with E-state index in [0.29, 0.717) is 5.58 Å². The van der Waals surface area contributed by atoms with Crippen LogP contribution in [0.1, 0.15) is 26.3 Å². The molecule has 0 bridgehead atoms. The Morgan fingerprint density at radius 2 is 1.88 bits per heavy atom. The minimum atomic E-state index is -0.293. The van der Waals surface area contributed by atoms with E-state index < -0.39 is 0 Å². The van der Waals surface area contributed by atoms with Crippen molar-refractivity contribution in [2.24, 2.45) is 0 Å². The van der Waals surface area contributed by atoms with Gasteiger partial charge in [-0.2, -0.15) is 0 Å². The van der Waals surface area contributed by atoms with Crippen LogP contribution < -0.4 is 16.3 Å². The summed E-state index contributed by atoms with van der Waals surface area (Å²) >= 11 is 0. The van der Waals surface area contributed by atoms with Gasteiger partial charge in [-0.1, -0.05) is 0 Å². The number of rotatable bonds is 7. The van der Waals surface area contributed by atoms with Crippen LogP contribution in [0.25, 0.3) is 11.0 Å². The number of hydrogen-bond donors (Lipinski definition) is 2. The summed E-state index contributed by atoms with van der Waals surface area (Å²) in [5.74, 6) is 0. The first-order chi connectivity index (χ1) is 11.2. The highest BCUT2D eigenvalue weighted by molar-refractivity contribution is 5.83. The molecule has 5 nitrogen and oxygen atoms in total. The van der Waals surface area contributed by atoms with Gasteiger partial charge in [0.15, 0.2) is 0 Å². The molecule has 0 saturated heterocycles. The van der Waals surface area contributed by atoms with Gasteiger partial charge < -0.3 is 20.0 Å². The van der Waals surface area contributed by atoms with Gasteiger partial charge in [-0.05, 0) is 65.5 Å². The highest BCUT2D eigenvalue weighted by atomic mass is 16.4. The van der Waals surface area contributed by atoms with Crippen molar-refractivity contribution in [2.45, 2.75) is 32.7 Å². The number of hydrogen-bond acceptors (Lipinski definition) is 5. The lowest BCUT2D eigenvalue weighted by Crippen LogP contribution is -2.37. The molecule has 0 radical (unpaired) electrons. The number of anilines is 1. The van der Waals surface area contributed by atoms with E-state index in [2.05, 4.69) is 36.3 Å². The van der Waals surface area contributed by atoms with Crippen LogP contribution in [-0.2, 0) is 6.42 Å². The second-order valence-corrected chi connectivity index (χ2v) is 7.46. The maximum absolute atomic E-state index is 11.9. The third-order valence-electron chi connectivity index (χ3n) is 3.77. The summed E-state index contributed by atoms with van der Waals surface area (Å²) in [6, 6.07) is 7.58. The van der Waals surface area contributed by atoms with E-state index in [1.807, 2.05) is 32.3 Å². The van der Waals surface area contributed by atoms with E-state index in [9.17, 15) is 4.79 Å². The third kappa shape index (κ3) is 5.65. The number of likely N-dealkylation sites (N-methyl/N-ethyl adjacent to an activating group) is 1. The lowest BCUT2D eigenvalue weighted by molar-refractivity contribution is 0.425. The predicted molar refractivity (Wildman–Crippen MR) is 101 cm³/mol. The van der Waals surface area contributed by atoms with Crippen LogP contribution in [-0.4, -0.2) is 44.2 Å². The molecule has 0 aliphatic rings. The van der Waals surface area contributed by atoms with Crippen molar-refractivity contribution in [3.05, 3.63) is 40.2 Å². The lowest BCUT2D eigenvalue weighted by Gasteiger charge is -2.20. The lowest BCUT2D eigenvalue weighted by atomic mass is 10.0. The zero-order valence-corrected chi connectivity index (χ0v) is 15.4. The van der Waals surface area contributed by atoms with Crippen LogP contribution in [0, 0.1) is 0 Å². The van der Waals surface area contributed by atoms with Gasteiger partial charge >= 0.3 is 5.63 Å². The van der Waals surface area contributed by atoms with Crippen LogP contribution in [0.3, 0.4) is 0 Å². The molecular formula is C19H29N3O2. The normalized spacial score (nSPS) is 12.1. The summed E-state index contributed by atoms with van der Waals surface area (Å²) < 4.78 is 5.39. The topological polar surface area (TPSA) is 57.5 Å². The summed E-state index contributed by atoms with van der Waals surface area (Å²) in [7, 11) is 4.08. The summed E-state index contributed by atoms with van der Waals surface area (Å²) in [6.07, 6.45) is 0.798. The zero-order chi connectivity index (χ0) is 17.7. The zero-order valence-electron chi connectivity index (χ0n) is 15.4. The van der Waals surface area contributed by atoms with E-state index in [0.717, 1.165) is 42.7 Å². The molecule has 132 valence electrons. The summed E-state index contributed by atoms with van der Waals surface area (Å²) in [4.78, 5) is 14.0. The number of nitrogens with zero attached hydrogens (tertiary/aromatic N) is 1. The summed E-state index contributed by atoms with van der Waals surface area (Å²) in [5, 5.41) is 7.81. The molecule has 0 aliphatic carbocycles. The van der Waals surface area contributed by atoms with Crippen molar-refractivity contribution in [3.63, 3.8) is 0 Å². The van der Waals surface area contributed by atoms with Crippen molar-refractivity contribution in [2.75, 3.05) is 39.0 Å². The number of nitrogens with one attached hydrogen (secondary N) is 2. The molecule has 5 heteroatoms. The van der Waals surface area contributed by atoms with Gasteiger partial charge in [0.2, 0.25) is 0 Å². The Morgan fingerprint density at radius 1 is 1.12 bits per heavy atom. The van der Waals surface area contributed by atoms with Gasteiger partial charge in [0.25, 0.3) is 0 Å². The maximum Gasteiger partial charge on any atom is 0.336 e. The van der Waals surface area contributed by atoms with Crippen molar-refractivity contribution in [1.82, 2.24) is 10.2 Å². The van der Waals surface area contributed by atoms with Gasteiger partial charge in [-0.25, -0.2) is 4.79 Å². The minimum Gasteiger partial charge on any atom is -0.423 e. The van der Waals surface area contributed by atoms with Crippen LogP contribution in [0.15, 0.2) is 33.5 Å². The van der Waals surface area contributed by atoms with E-state index in [1.54, 1.807) is 6.07 Å². The van der Waals surface area contributed by atoms with Gasteiger partial charge in [0, 0.05) is 41.8 Å². The van der Waals surface area contributed by atoms with Crippen molar-refractivity contribution in [1.29, 1.82) is 0 Å². The average molecular weight is 331 g/mol. The second kappa shape index (κ2) is 7.81. The van der Waals surface area contributed by atoms with Crippen LogP contribution >= 0.6 is 0 Å². The van der Waals surface area contributed by atoms with Gasteiger partial charge in [-0.15, -0.1) is 0 Å². The molecular weight excluding hydrogens is 302 g/mol. The SMILES string of the molecule is CN(C)CCNc1ccc2c(CCNC(C)(C)C)cc(=O)oc2c1. The Labute approximate surface area is 144 Å².